The monoisotopic (exact) mass is 600 g/mol. The zero-order chi connectivity index (χ0) is 29.5. The normalized spacial score (nSPS) is 18.0. The van der Waals surface area contributed by atoms with Gasteiger partial charge in [0.1, 0.15) is 16.4 Å². The number of amides is 3. The van der Waals surface area contributed by atoms with Crippen molar-refractivity contribution in [1.82, 2.24) is 15.2 Å². The van der Waals surface area contributed by atoms with Crippen LogP contribution in [-0.4, -0.2) is 69.9 Å². The number of Topliss-reactive ketones (excluding diaryl/α,β-unsaturated/α-hetero) is 1. The van der Waals surface area contributed by atoms with Gasteiger partial charge in [-0.25, -0.2) is 18.2 Å². The predicted octanol–water partition coefficient (Wildman–Crippen LogP) is 2.72. The van der Waals surface area contributed by atoms with Gasteiger partial charge < -0.3 is 24.4 Å². The average Bonchev–Trinajstić information content (AvgIpc) is 3.19. The lowest BCUT2D eigenvalue weighted by molar-refractivity contribution is -0.126. The summed E-state index contributed by atoms with van der Waals surface area (Å²) in [6, 6.07) is 10.5. The Morgan fingerprint density at radius 2 is 1.83 bits per heavy atom. The Morgan fingerprint density at radius 1 is 1.07 bits per heavy atom. The molecule has 0 bridgehead atoms. The summed E-state index contributed by atoms with van der Waals surface area (Å²) >= 11 is 6.38. The van der Waals surface area contributed by atoms with Crippen LogP contribution in [0.15, 0.2) is 59.6 Å². The number of pyridine rings is 1. The van der Waals surface area contributed by atoms with E-state index in [2.05, 4.69) is 10.3 Å². The van der Waals surface area contributed by atoms with E-state index in [4.69, 9.17) is 25.8 Å². The first-order valence-electron chi connectivity index (χ1n) is 12.4. The van der Waals surface area contributed by atoms with Crippen LogP contribution in [0.1, 0.15) is 18.1 Å². The summed E-state index contributed by atoms with van der Waals surface area (Å²) < 4.78 is 45.4. The van der Waals surface area contributed by atoms with Crippen molar-refractivity contribution in [2.75, 3.05) is 38.2 Å². The van der Waals surface area contributed by atoms with E-state index in [0.717, 1.165) is 0 Å². The number of fused-ring (bicyclic) bond motifs is 1. The minimum absolute atomic E-state index is 0.00413. The predicted molar refractivity (Wildman–Crippen MR) is 147 cm³/mol. The first kappa shape index (κ1) is 28.2. The van der Waals surface area contributed by atoms with Crippen LogP contribution >= 0.6 is 11.6 Å². The van der Waals surface area contributed by atoms with Gasteiger partial charge in [0, 0.05) is 22.8 Å². The lowest BCUT2D eigenvalue weighted by Gasteiger charge is -2.36. The van der Waals surface area contributed by atoms with E-state index < -0.39 is 27.5 Å². The van der Waals surface area contributed by atoms with E-state index in [0.29, 0.717) is 10.1 Å². The molecule has 214 valence electrons. The molecule has 0 radical (unpaired) electrons. The Balaban J connectivity index is 1.77. The third-order valence-electron chi connectivity index (χ3n) is 6.75. The molecule has 1 unspecified atom stereocenters. The van der Waals surface area contributed by atoms with E-state index in [1.165, 1.54) is 73.8 Å². The number of nitrogens with zero attached hydrogens (tertiary/aromatic N) is 3. The maximum absolute atomic E-state index is 14.7. The number of likely N-dealkylation sites (tertiary alicyclic amines) is 1. The van der Waals surface area contributed by atoms with Crippen LogP contribution < -0.4 is 23.8 Å². The second kappa shape index (κ2) is 10.6. The number of halogens is 1. The molecule has 1 atom stereocenters. The number of benzene rings is 2. The van der Waals surface area contributed by atoms with Crippen LogP contribution in [0, 0.1) is 0 Å². The fourth-order valence-electron chi connectivity index (χ4n) is 4.83. The Morgan fingerprint density at radius 3 is 2.49 bits per heavy atom. The summed E-state index contributed by atoms with van der Waals surface area (Å²) in [5.41, 5.74) is -2.06. The summed E-state index contributed by atoms with van der Waals surface area (Å²) in [5, 5.41) is 2.89. The molecule has 2 aliphatic rings. The number of ketones is 1. The van der Waals surface area contributed by atoms with Gasteiger partial charge in [0.15, 0.2) is 11.3 Å². The largest absolute Gasteiger partial charge is 0.497 e. The first-order chi connectivity index (χ1) is 19.6. The molecule has 3 aromatic rings. The number of carbonyl (C=O) groups is 3. The maximum atomic E-state index is 14.7. The SMILES string of the molecule is CCOc1ncccc1C1(NC(=O)N2CC(=O)C2)C(=O)N(S(=O)(=O)c2ccc(OC)cc2OC)c2ccc(Cl)cc21. The van der Waals surface area contributed by atoms with Crippen molar-refractivity contribution in [3.8, 4) is 17.4 Å². The molecule has 1 saturated heterocycles. The van der Waals surface area contributed by atoms with Gasteiger partial charge in [-0.1, -0.05) is 11.6 Å². The second-order valence-corrected chi connectivity index (χ2v) is 11.3. The lowest BCUT2D eigenvalue weighted by atomic mass is 9.84. The van der Waals surface area contributed by atoms with Crippen LogP contribution in [0.2, 0.25) is 5.02 Å². The van der Waals surface area contributed by atoms with Crippen molar-refractivity contribution in [1.29, 1.82) is 0 Å². The van der Waals surface area contributed by atoms with Gasteiger partial charge in [-0.3, -0.25) is 9.59 Å². The highest BCUT2D eigenvalue weighted by Crippen LogP contribution is 2.50. The third-order valence-corrected chi connectivity index (χ3v) is 8.72. The number of aromatic nitrogens is 1. The highest BCUT2D eigenvalue weighted by molar-refractivity contribution is 7.93. The summed E-state index contributed by atoms with van der Waals surface area (Å²) in [6.07, 6.45) is 1.44. The van der Waals surface area contributed by atoms with E-state index in [1.807, 2.05) is 0 Å². The highest BCUT2D eigenvalue weighted by atomic mass is 35.5. The van der Waals surface area contributed by atoms with Crippen molar-refractivity contribution < 1.29 is 37.0 Å². The van der Waals surface area contributed by atoms with Crippen LogP contribution in [-0.2, 0) is 25.2 Å². The van der Waals surface area contributed by atoms with Gasteiger partial charge in [0.25, 0.3) is 15.9 Å². The van der Waals surface area contributed by atoms with E-state index >= 15 is 0 Å². The Kier molecular flexibility index (Phi) is 7.26. The molecule has 1 N–H and O–H groups in total. The summed E-state index contributed by atoms with van der Waals surface area (Å²) in [6.45, 7) is 1.56. The van der Waals surface area contributed by atoms with Crippen molar-refractivity contribution in [3.05, 3.63) is 70.9 Å². The molecule has 1 aromatic heterocycles. The van der Waals surface area contributed by atoms with Crippen LogP contribution in [0.4, 0.5) is 10.5 Å². The van der Waals surface area contributed by atoms with Crippen molar-refractivity contribution in [2.24, 2.45) is 0 Å². The fraction of sp³-hybridized carbons (Fsp3) is 0.259. The molecule has 2 aliphatic heterocycles. The number of hydrogen-bond donors (Lipinski definition) is 1. The number of nitrogens with one attached hydrogen (secondary N) is 1. The first-order valence-corrected chi connectivity index (χ1v) is 14.2. The van der Waals surface area contributed by atoms with Crippen LogP contribution in [0.5, 0.6) is 17.4 Å². The number of carbonyl (C=O) groups excluding carboxylic acids is 3. The van der Waals surface area contributed by atoms with Gasteiger partial charge in [-0.15, -0.1) is 0 Å². The lowest BCUT2D eigenvalue weighted by Crippen LogP contribution is -2.61. The molecule has 0 aliphatic carbocycles. The molecular formula is C27H25ClN4O8S. The molecule has 0 saturated carbocycles. The molecule has 41 heavy (non-hydrogen) atoms. The van der Waals surface area contributed by atoms with E-state index in [9.17, 15) is 22.8 Å². The van der Waals surface area contributed by atoms with E-state index in [-0.39, 0.29) is 63.8 Å². The number of hydrogen-bond acceptors (Lipinski definition) is 9. The Hall–Kier alpha value is -4.36. The molecular weight excluding hydrogens is 576 g/mol. The summed E-state index contributed by atoms with van der Waals surface area (Å²) in [5.74, 6) is -0.937. The smallest absolute Gasteiger partial charge is 0.319 e. The standard InChI is InChI=1S/C27H25ClN4O8S/c1-4-40-24-19(6-5-11-29-24)27(30-26(35)31-14-17(33)15-31)20-12-16(28)7-9-21(20)32(25(27)34)41(36,37)23-10-8-18(38-2)13-22(23)39-3/h5-13H,4,14-15H2,1-3H3,(H,30,35). The molecule has 5 rings (SSSR count). The average molecular weight is 601 g/mol. The molecule has 12 nitrogen and oxygen atoms in total. The molecule has 14 heteroatoms. The molecule has 1 fully saturated rings. The second-order valence-electron chi connectivity index (χ2n) is 9.12. The van der Waals surface area contributed by atoms with Gasteiger partial charge in [-0.05, 0) is 49.4 Å². The fourth-order valence-corrected chi connectivity index (χ4v) is 6.61. The zero-order valence-corrected chi connectivity index (χ0v) is 23.8. The number of methoxy groups -OCH3 is 2. The number of rotatable bonds is 8. The molecule has 3 heterocycles. The van der Waals surface area contributed by atoms with Crippen molar-refractivity contribution in [2.45, 2.75) is 17.4 Å². The van der Waals surface area contributed by atoms with Gasteiger partial charge in [0.05, 0.1) is 45.2 Å². The van der Waals surface area contributed by atoms with Crippen LogP contribution in [0.3, 0.4) is 0 Å². The van der Waals surface area contributed by atoms with Gasteiger partial charge >= 0.3 is 6.03 Å². The van der Waals surface area contributed by atoms with Crippen molar-refractivity contribution in [3.63, 3.8) is 0 Å². The number of urea groups is 1. The minimum atomic E-state index is -4.66. The minimum Gasteiger partial charge on any atom is -0.497 e. The zero-order valence-electron chi connectivity index (χ0n) is 22.2. The highest BCUT2D eigenvalue weighted by Gasteiger charge is 2.59. The summed E-state index contributed by atoms with van der Waals surface area (Å²) in [7, 11) is -1.96. The van der Waals surface area contributed by atoms with Gasteiger partial charge in [0.2, 0.25) is 5.88 Å². The topological polar surface area (TPSA) is 144 Å². The molecule has 2 aromatic carbocycles. The number of ether oxygens (including phenoxy) is 3. The van der Waals surface area contributed by atoms with Gasteiger partial charge in [-0.2, -0.15) is 4.31 Å². The third kappa shape index (κ3) is 4.50. The summed E-state index contributed by atoms with van der Waals surface area (Å²) in [4.78, 5) is 44.9. The maximum Gasteiger partial charge on any atom is 0.319 e. The van der Waals surface area contributed by atoms with Crippen molar-refractivity contribution >= 4 is 45.0 Å². The number of anilines is 1. The quantitative estimate of drug-likeness (QED) is 0.412. The Bertz CT molecular complexity index is 1670. The van der Waals surface area contributed by atoms with Crippen LogP contribution in [0.25, 0.3) is 0 Å². The van der Waals surface area contributed by atoms with E-state index in [1.54, 1.807) is 6.92 Å². The molecule has 0 spiro atoms. The Labute approximate surface area is 240 Å². The molecule has 3 amide bonds. The number of sulfonamides is 1.